The van der Waals surface area contributed by atoms with E-state index in [2.05, 4.69) is 63.4 Å². The van der Waals surface area contributed by atoms with Crippen LogP contribution in [0.15, 0.2) is 61.7 Å². The topological polar surface area (TPSA) is 18.5 Å². The van der Waals surface area contributed by atoms with Gasteiger partial charge in [0.05, 0.1) is 0 Å². The molecule has 0 bridgehead atoms. The van der Waals surface area contributed by atoms with Crippen LogP contribution in [0, 0.1) is 13.8 Å². The fraction of sp³-hybridized carbons (Fsp3) is 0.182. The predicted octanol–water partition coefficient (Wildman–Crippen LogP) is 5.74. The van der Waals surface area contributed by atoms with Crippen LogP contribution in [-0.4, -0.2) is 13.2 Å². The molecule has 3 aromatic rings. The Morgan fingerprint density at radius 2 is 1.12 bits per heavy atom. The molecule has 0 aliphatic carbocycles. The van der Waals surface area contributed by atoms with Crippen LogP contribution >= 0.6 is 0 Å². The molecule has 0 radical (unpaired) electrons. The van der Waals surface area contributed by atoms with E-state index < -0.39 is 0 Å². The molecule has 0 saturated heterocycles. The molecular weight excluding hydrogens is 296 g/mol. The minimum Gasteiger partial charge on any atom is -0.488 e. The molecule has 24 heavy (non-hydrogen) atoms. The fourth-order valence-electron chi connectivity index (χ4n) is 2.97. The largest absolute Gasteiger partial charge is 0.488 e. The predicted molar refractivity (Wildman–Crippen MR) is 102 cm³/mol. The summed E-state index contributed by atoms with van der Waals surface area (Å²) >= 11 is 0. The lowest BCUT2D eigenvalue weighted by atomic mass is 9.98. The minimum absolute atomic E-state index is 0.471. The van der Waals surface area contributed by atoms with E-state index in [1.54, 1.807) is 12.2 Å². The lowest BCUT2D eigenvalue weighted by Gasteiger charge is -2.17. The van der Waals surface area contributed by atoms with Gasteiger partial charge in [-0.15, -0.1) is 0 Å². The van der Waals surface area contributed by atoms with Gasteiger partial charge in [-0.2, -0.15) is 0 Å². The SMILES string of the molecule is C=CCOc1c2ccc(C)cc2c(OCC=C)c2ccc(C)cc12. The molecule has 2 nitrogen and oxygen atoms in total. The first-order valence-electron chi connectivity index (χ1n) is 8.09. The smallest absolute Gasteiger partial charge is 0.135 e. The third-order valence-electron chi connectivity index (χ3n) is 4.02. The quantitative estimate of drug-likeness (QED) is 0.426. The van der Waals surface area contributed by atoms with Crippen molar-refractivity contribution in [1.29, 1.82) is 0 Å². The van der Waals surface area contributed by atoms with Crippen LogP contribution in [0.3, 0.4) is 0 Å². The standard InChI is InChI=1S/C22H22O2/c1-5-11-23-21-17-9-7-16(4)14-20(17)22(24-12-6-2)18-10-8-15(3)13-19(18)21/h5-10,13-14H,1-2,11-12H2,3-4H3. The van der Waals surface area contributed by atoms with E-state index in [1.807, 2.05) is 0 Å². The molecule has 0 saturated carbocycles. The van der Waals surface area contributed by atoms with Crippen LogP contribution in [0.25, 0.3) is 21.5 Å². The van der Waals surface area contributed by atoms with Crippen molar-refractivity contribution >= 4 is 21.5 Å². The van der Waals surface area contributed by atoms with Gasteiger partial charge in [0.25, 0.3) is 0 Å². The van der Waals surface area contributed by atoms with Crippen LogP contribution in [0.2, 0.25) is 0 Å². The molecule has 0 fully saturated rings. The van der Waals surface area contributed by atoms with Crippen molar-refractivity contribution in [3.8, 4) is 11.5 Å². The molecule has 0 amide bonds. The molecule has 122 valence electrons. The highest BCUT2D eigenvalue weighted by molar-refractivity contribution is 6.11. The average Bonchev–Trinajstić information content (AvgIpc) is 2.58. The van der Waals surface area contributed by atoms with Crippen molar-refractivity contribution in [1.82, 2.24) is 0 Å². The first-order chi connectivity index (χ1) is 11.7. The summed E-state index contributed by atoms with van der Waals surface area (Å²) < 4.78 is 12.1. The Kier molecular flexibility index (Phi) is 4.57. The van der Waals surface area contributed by atoms with E-state index >= 15 is 0 Å². The first kappa shape index (κ1) is 16.1. The van der Waals surface area contributed by atoms with Crippen molar-refractivity contribution < 1.29 is 9.47 Å². The normalized spacial score (nSPS) is 10.8. The van der Waals surface area contributed by atoms with Crippen molar-refractivity contribution in [2.45, 2.75) is 13.8 Å². The summed E-state index contributed by atoms with van der Waals surface area (Å²) in [6.45, 7) is 12.6. The van der Waals surface area contributed by atoms with Crippen LogP contribution in [0.4, 0.5) is 0 Å². The Morgan fingerprint density at radius 3 is 1.50 bits per heavy atom. The second-order valence-electron chi connectivity index (χ2n) is 5.96. The minimum atomic E-state index is 0.471. The lowest BCUT2D eigenvalue weighted by molar-refractivity contribution is 0.365. The van der Waals surface area contributed by atoms with Crippen molar-refractivity contribution in [2.24, 2.45) is 0 Å². The van der Waals surface area contributed by atoms with Gasteiger partial charge in [-0.3, -0.25) is 0 Å². The molecule has 0 spiro atoms. The maximum Gasteiger partial charge on any atom is 0.135 e. The lowest BCUT2D eigenvalue weighted by Crippen LogP contribution is -2.00. The molecule has 0 heterocycles. The number of aryl methyl sites for hydroxylation is 2. The summed E-state index contributed by atoms with van der Waals surface area (Å²) in [7, 11) is 0. The van der Waals surface area contributed by atoms with Crippen molar-refractivity contribution in [2.75, 3.05) is 13.2 Å². The zero-order chi connectivity index (χ0) is 17.1. The molecule has 2 heteroatoms. The summed E-state index contributed by atoms with van der Waals surface area (Å²) in [4.78, 5) is 0. The van der Waals surface area contributed by atoms with Gasteiger partial charge in [-0.1, -0.05) is 60.7 Å². The Hall–Kier alpha value is -2.74. The summed E-state index contributed by atoms with van der Waals surface area (Å²) in [5.41, 5.74) is 2.37. The number of benzene rings is 3. The monoisotopic (exact) mass is 318 g/mol. The van der Waals surface area contributed by atoms with Crippen LogP contribution in [-0.2, 0) is 0 Å². The van der Waals surface area contributed by atoms with Gasteiger partial charge in [0.2, 0.25) is 0 Å². The molecule has 3 rings (SSSR count). The molecule has 0 N–H and O–H groups in total. The van der Waals surface area contributed by atoms with Gasteiger partial charge in [0.1, 0.15) is 24.7 Å². The van der Waals surface area contributed by atoms with E-state index in [9.17, 15) is 0 Å². The molecule has 3 aromatic carbocycles. The van der Waals surface area contributed by atoms with E-state index in [1.165, 1.54) is 11.1 Å². The fourth-order valence-corrected chi connectivity index (χ4v) is 2.97. The van der Waals surface area contributed by atoms with Gasteiger partial charge < -0.3 is 9.47 Å². The zero-order valence-electron chi connectivity index (χ0n) is 14.3. The van der Waals surface area contributed by atoms with Gasteiger partial charge >= 0.3 is 0 Å². The molecule has 0 atom stereocenters. The summed E-state index contributed by atoms with van der Waals surface area (Å²) in [5.74, 6) is 1.77. The zero-order valence-corrected chi connectivity index (χ0v) is 14.3. The van der Waals surface area contributed by atoms with E-state index in [-0.39, 0.29) is 0 Å². The summed E-state index contributed by atoms with van der Waals surface area (Å²) in [5, 5.41) is 4.23. The number of fused-ring (bicyclic) bond motifs is 2. The third kappa shape index (κ3) is 2.88. The molecular formula is C22H22O2. The average molecular weight is 318 g/mol. The number of ether oxygens (including phenoxy) is 2. The molecule has 0 aliphatic heterocycles. The van der Waals surface area contributed by atoms with E-state index in [4.69, 9.17) is 9.47 Å². The maximum absolute atomic E-state index is 6.04. The Morgan fingerprint density at radius 1 is 0.708 bits per heavy atom. The Bertz CT molecular complexity index is 845. The van der Waals surface area contributed by atoms with Gasteiger partial charge in [0, 0.05) is 21.5 Å². The second-order valence-corrected chi connectivity index (χ2v) is 5.96. The third-order valence-corrected chi connectivity index (χ3v) is 4.02. The Balaban J connectivity index is 2.42. The highest BCUT2D eigenvalue weighted by Gasteiger charge is 2.16. The van der Waals surface area contributed by atoms with Crippen molar-refractivity contribution in [3.05, 3.63) is 72.8 Å². The van der Waals surface area contributed by atoms with E-state index in [0.29, 0.717) is 13.2 Å². The Labute approximate surface area is 143 Å². The molecule has 0 unspecified atom stereocenters. The van der Waals surface area contributed by atoms with Gasteiger partial charge in [-0.25, -0.2) is 0 Å². The van der Waals surface area contributed by atoms with Crippen LogP contribution in [0.5, 0.6) is 11.5 Å². The second kappa shape index (κ2) is 6.79. The first-order valence-corrected chi connectivity index (χ1v) is 8.09. The number of hydrogen-bond acceptors (Lipinski definition) is 2. The van der Waals surface area contributed by atoms with Crippen LogP contribution < -0.4 is 9.47 Å². The summed E-state index contributed by atoms with van der Waals surface area (Å²) in [6, 6.07) is 12.7. The van der Waals surface area contributed by atoms with Gasteiger partial charge in [0.15, 0.2) is 0 Å². The van der Waals surface area contributed by atoms with E-state index in [0.717, 1.165) is 33.0 Å². The highest BCUT2D eigenvalue weighted by Crippen LogP contribution is 2.43. The van der Waals surface area contributed by atoms with Gasteiger partial charge in [-0.05, 0) is 26.0 Å². The summed E-state index contributed by atoms with van der Waals surface area (Å²) in [6.07, 6.45) is 3.54. The molecule has 0 aliphatic rings. The van der Waals surface area contributed by atoms with Crippen LogP contribution in [0.1, 0.15) is 11.1 Å². The number of hydrogen-bond donors (Lipinski definition) is 0. The van der Waals surface area contributed by atoms with Crippen molar-refractivity contribution in [3.63, 3.8) is 0 Å². The maximum atomic E-state index is 6.04. The molecule has 0 aromatic heterocycles. The number of rotatable bonds is 6. The highest BCUT2D eigenvalue weighted by atomic mass is 16.5.